The zero-order valence-corrected chi connectivity index (χ0v) is 12.8. The first-order chi connectivity index (χ1) is 10.1. The van der Waals surface area contributed by atoms with Crippen LogP contribution in [0, 0.1) is 5.92 Å². The van der Waals surface area contributed by atoms with Crippen LogP contribution in [-0.2, 0) is 4.74 Å². The summed E-state index contributed by atoms with van der Waals surface area (Å²) >= 11 is 6.02. The average molecular weight is 304 g/mol. The highest BCUT2D eigenvalue weighted by Crippen LogP contribution is 2.28. The molecular weight excluding hydrogens is 286 g/mol. The molecule has 1 aromatic carbocycles. The Bertz CT molecular complexity index is 671. The van der Waals surface area contributed by atoms with E-state index in [4.69, 9.17) is 16.3 Å². The summed E-state index contributed by atoms with van der Waals surface area (Å²) in [6.07, 6.45) is 4.43. The first-order valence-corrected chi connectivity index (χ1v) is 7.79. The number of hydrogen-bond acceptors (Lipinski definition) is 3. The third-order valence-electron chi connectivity index (χ3n) is 4.20. The fourth-order valence-corrected chi connectivity index (χ4v) is 3.17. The van der Waals surface area contributed by atoms with Gasteiger partial charge in [0, 0.05) is 5.39 Å². The van der Waals surface area contributed by atoms with Gasteiger partial charge in [-0.05, 0) is 37.3 Å². The number of fused-ring (bicyclic) bond motifs is 1. The summed E-state index contributed by atoms with van der Waals surface area (Å²) in [5.74, 6) is 0.125. The van der Waals surface area contributed by atoms with Gasteiger partial charge in [-0.25, -0.2) is 9.78 Å². The number of ether oxygens (including phenoxy) is 1. The lowest BCUT2D eigenvalue weighted by molar-refractivity contribution is 0.00502. The zero-order chi connectivity index (χ0) is 14.8. The Morgan fingerprint density at radius 1 is 1.29 bits per heavy atom. The van der Waals surface area contributed by atoms with Crippen LogP contribution in [0.1, 0.15) is 43.0 Å². The van der Waals surface area contributed by atoms with Crippen molar-refractivity contribution in [3.05, 3.63) is 41.0 Å². The van der Waals surface area contributed by atoms with Crippen LogP contribution in [0.25, 0.3) is 10.9 Å². The summed E-state index contributed by atoms with van der Waals surface area (Å²) in [5, 5.41) is 1.10. The Labute approximate surface area is 129 Å². The van der Waals surface area contributed by atoms with Crippen LogP contribution in [0.4, 0.5) is 0 Å². The van der Waals surface area contributed by atoms with Gasteiger partial charge in [-0.2, -0.15) is 0 Å². The van der Waals surface area contributed by atoms with Crippen LogP contribution < -0.4 is 0 Å². The van der Waals surface area contributed by atoms with Gasteiger partial charge in [0.05, 0.1) is 11.1 Å². The minimum absolute atomic E-state index is 0.0111. The molecule has 2 atom stereocenters. The van der Waals surface area contributed by atoms with Gasteiger partial charge >= 0.3 is 5.97 Å². The molecule has 21 heavy (non-hydrogen) atoms. The lowest BCUT2D eigenvalue weighted by Crippen LogP contribution is -2.28. The lowest BCUT2D eigenvalue weighted by atomic mass is 9.88. The van der Waals surface area contributed by atoms with Gasteiger partial charge in [0.2, 0.25) is 0 Å². The summed E-state index contributed by atoms with van der Waals surface area (Å²) in [4.78, 5) is 16.8. The van der Waals surface area contributed by atoms with Crippen molar-refractivity contribution in [2.45, 2.75) is 38.7 Å². The number of carbonyl (C=O) groups is 1. The van der Waals surface area contributed by atoms with Gasteiger partial charge in [-0.1, -0.05) is 43.1 Å². The minimum atomic E-state index is -0.297. The van der Waals surface area contributed by atoms with Crippen LogP contribution in [0.15, 0.2) is 30.3 Å². The topological polar surface area (TPSA) is 39.2 Å². The van der Waals surface area contributed by atoms with Crippen LogP contribution >= 0.6 is 11.6 Å². The van der Waals surface area contributed by atoms with Crippen molar-refractivity contribution in [2.24, 2.45) is 5.92 Å². The Kier molecular flexibility index (Phi) is 4.11. The summed E-state index contributed by atoms with van der Waals surface area (Å²) in [6, 6.07) is 9.09. The molecule has 1 heterocycles. The molecule has 2 aromatic rings. The third-order valence-corrected chi connectivity index (χ3v) is 4.39. The second kappa shape index (κ2) is 6.02. The highest BCUT2D eigenvalue weighted by atomic mass is 35.5. The van der Waals surface area contributed by atoms with Crippen LogP contribution in [0.5, 0.6) is 0 Å². The molecule has 1 saturated carbocycles. The SMILES string of the molecule is CC1CCCCC1OC(=O)c1cc(Cl)nc2ccccc12. The van der Waals surface area contributed by atoms with Crippen LogP contribution in [0.2, 0.25) is 5.15 Å². The standard InChI is InChI=1S/C17H18ClNO2/c1-11-6-2-5-9-15(11)21-17(20)13-10-16(18)19-14-8-4-3-7-12(13)14/h3-4,7-8,10-11,15H,2,5-6,9H2,1H3. The first kappa shape index (κ1) is 14.3. The molecule has 0 aliphatic heterocycles. The van der Waals surface area contributed by atoms with E-state index in [1.165, 1.54) is 6.42 Å². The van der Waals surface area contributed by atoms with Crippen molar-refractivity contribution in [1.29, 1.82) is 0 Å². The van der Waals surface area contributed by atoms with E-state index in [0.29, 0.717) is 22.2 Å². The number of rotatable bonds is 2. The maximum atomic E-state index is 12.5. The van der Waals surface area contributed by atoms with Crippen molar-refractivity contribution in [2.75, 3.05) is 0 Å². The molecule has 3 nitrogen and oxygen atoms in total. The number of pyridine rings is 1. The predicted molar refractivity (Wildman–Crippen MR) is 83.6 cm³/mol. The third kappa shape index (κ3) is 3.03. The Balaban J connectivity index is 1.90. The molecule has 1 aliphatic carbocycles. The van der Waals surface area contributed by atoms with E-state index in [0.717, 1.165) is 24.6 Å². The largest absolute Gasteiger partial charge is 0.458 e. The number of aromatic nitrogens is 1. The van der Waals surface area contributed by atoms with E-state index in [-0.39, 0.29) is 12.1 Å². The molecule has 0 spiro atoms. The van der Waals surface area contributed by atoms with E-state index in [9.17, 15) is 4.79 Å². The smallest absolute Gasteiger partial charge is 0.339 e. The molecule has 3 rings (SSSR count). The Morgan fingerprint density at radius 2 is 2.05 bits per heavy atom. The molecule has 0 saturated heterocycles. The minimum Gasteiger partial charge on any atom is -0.458 e. The van der Waals surface area contributed by atoms with E-state index in [1.54, 1.807) is 6.07 Å². The fraction of sp³-hybridized carbons (Fsp3) is 0.412. The Morgan fingerprint density at radius 3 is 2.86 bits per heavy atom. The molecule has 110 valence electrons. The molecule has 1 aliphatic rings. The lowest BCUT2D eigenvalue weighted by Gasteiger charge is -2.28. The van der Waals surface area contributed by atoms with Gasteiger partial charge in [0.25, 0.3) is 0 Å². The van der Waals surface area contributed by atoms with Crippen LogP contribution in [0.3, 0.4) is 0 Å². The molecule has 0 bridgehead atoms. The monoisotopic (exact) mass is 303 g/mol. The molecule has 0 radical (unpaired) electrons. The normalized spacial score (nSPS) is 22.2. The molecule has 0 N–H and O–H groups in total. The highest BCUT2D eigenvalue weighted by Gasteiger charge is 2.26. The maximum absolute atomic E-state index is 12.5. The van der Waals surface area contributed by atoms with Gasteiger partial charge in [0.15, 0.2) is 0 Å². The number of nitrogens with zero attached hydrogens (tertiary/aromatic N) is 1. The number of benzene rings is 1. The van der Waals surface area contributed by atoms with E-state index in [2.05, 4.69) is 11.9 Å². The summed E-state index contributed by atoms with van der Waals surface area (Å²) < 4.78 is 5.73. The molecule has 4 heteroatoms. The Hall–Kier alpha value is -1.61. The van der Waals surface area contributed by atoms with Crippen LogP contribution in [-0.4, -0.2) is 17.1 Å². The number of hydrogen-bond donors (Lipinski definition) is 0. The summed E-state index contributed by atoms with van der Waals surface area (Å²) in [6.45, 7) is 2.15. The zero-order valence-electron chi connectivity index (χ0n) is 12.0. The maximum Gasteiger partial charge on any atom is 0.339 e. The van der Waals surface area contributed by atoms with Gasteiger partial charge in [-0.15, -0.1) is 0 Å². The van der Waals surface area contributed by atoms with Crippen molar-refractivity contribution in [3.63, 3.8) is 0 Å². The molecule has 0 amide bonds. The second-order valence-corrected chi connectivity index (χ2v) is 6.10. The second-order valence-electron chi connectivity index (χ2n) is 5.72. The van der Waals surface area contributed by atoms with Crippen molar-refractivity contribution >= 4 is 28.5 Å². The summed E-state index contributed by atoms with van der Waals surface area (Å²) in [7, 11) is 0. The number of carbonyl (C=O) groups excluding carboxylic acids is 1. The van der Waals surface area contributed by atoms with Crippen molar-refractivity contribution < 1.29 is 9.53 Å². The molecule has 1 fully saturated rings. The van der Waals surface area contributed by atoms with Gasteiger partial charge < -0.3 is 4.74 Å². The predicted octanol–water partition coefficient (Wildman–Crippen LogP) is 4.62. The highest BCUT2D eigenvalue weighted by molar-refractivity contribution is 6.30. The average Bonchev–Trinajstić information content (AvgIpc) is 2.48. The summed E-state index contributed by atoms with van der Waals surface area (Å²) in [5.41, 5.74) is 1.22. The van der Waals surface area contributed by atoms with Gasteiger partial charge in [0.1, 0.15) is 11.3 Å². The molecular formula is C17H18ClNO2. The number of esters is 1. The number of halogens is 1. The van der Waals surface area contributed by atoms with Crippen molar-refractivity contribution in [3.8, 4) is 0 Å². The van der Waals surface area contributed by atoms with E-state index in [1.807, 2.05) is 24.3 Å². The van der Waals surface area contributed by atoms with Gasteiger partial charge in [-0.3, -0.25) is 0 Å². The number of para-hydroxylation sites is 1. The molecule has 2 unspecified atom stereocenters. The van der Waals surface area contributed by atoms with E-state index < -0.39 is 0 Å². The quantitative estimate of drug-likeness (QED) is 0.600. The fourth-order valence-electron chi connectivity index (χ4n) is 2.97. The van der Waals surface area contributed by atoms with Crippen molar-refractivity contribution in [1.82, 2.24) is 4.98 Å². The molecule has 1 aromatic heterocycles. The first-order valence-electron chi connectivity index (χ1n) is 7.41. The van der Waals surface area contributed by atoms with E-state index >= 15 is 0 Å².